The molecule has 2 rings (SSSR count). The zero-order valence-corrected chi connectivity index (χ0v) is 10.3. The molecule has 1 fully saturated rings. The predicted octanol–water partition coefficient (Wildman–Crippen LogP) is 2.43. The quantitative estimate of drug-likeness (QED) is 0.842. The second-order valence-electron chi connectivity index (χ2n) is 4.45. The third-order valence-corrected chi connectivity index (χ3v) is 3.34. The van der Waals surface area contributed by atoms with Crippen LogP contribution in [0.3, 0.4) is 0 Å². The summed E-state index contributed by atoms with van der Waals surface area (Å²) in [7, 11) is 0. The fraction of sp³-hybridized carbons (Fsp3) is 0.538. The van der Waals surface area contributed by atoms with Crippen molar-refractivity contribution in [1.29, 1.82) is 0 Å². The Labute approximate surface area is 102 Å². The fourth-order valence-corrected chi connectivity index (χ4v) is 2.37. The number of piperidine rings is 1. The Morgan fingerprint density at radius 1 is 1.31 bits per heavy atom. The molecule has 0 bridgehead atoms. The van der Waals surface area contributed by atoms with E-state index in [4.69, 9.17) is 11.6 Å². The van der Waals surface area contributed by atoms with E-state index in [2.05, 4.69) is 16.7 Å². The lowest BCUT2D eigenvalue weighted by Crippen LogP contribution is -2.33. The minimum Gasteiger partial charge on any atom is -0.317 e. The van der Waals surface area contributed by atoms with Crippen molar-refractivity contribution < 1.29 is 0 Å². The second kappa shape index (κ2) is 6.24. The van der Waals surface area contributed by atoms with Gasteiger partial charge in [0.05, 0.1) is 0 Å². The lowest BCUT2D eigenvalue weighted by molar-refractivity contribution is 0.356. The molecule has 0 radical (unpaired) electrons. The van der Waals surface area contributed by atoms with Crippen molar-refractivity contribution in [2.45, 2.75) is 19.4 Å². The molecule has 0 spiro atoms. The van der Waals surface area contributed by atoms with Crippen molar-refractivity contribution >= 4 is 11.6 Å². The van der Waals surface area contributed by atoms with Gasteiger partial charge in [0.2, 0.25) is 0 Å². The van der Waals surface area contributed by atoms with Crippen LogP contribution in [-0.2, 0) is 6.54 Å². The lowest BCUT2D eigenvalue weighted by atomic mass is 9.98. The number of nitrogens with one attached hydrogen (secondary N) is 2. The molecule has 1 aliphatic rings. The SMILES string of the molecule is Clc1cccc(CNCC2CCNCC2)c1. The van der Waals surface area contributed by atoms with Crippen molar-refractivity contribution in [3.05, 3.63) is 34.9 Å². The number of rotatable bonds is 4. The Hall–Kier alpha value is -0.570. The molecular formula is C13H19ClN2. The van der Waals surface area contributed by atoms with E-state index < -0.39 is 0 Å². The first-order valence-electron chi connectivity index (χ1n) is 6.00. The zero-order valence-electron chi connectivity index (χ0n) is 9.51. The van der Waals surface area contributed by atoms with Gasteiger partial charge in [-0.15, -0.1) is 0 Å². The van der Waals surface area contributed by atoms with E-state index in [0.717, 1.165) is 24.0 Å². The first-order valence-corrected chi connectivity index (χ1v) is 6.38. The average molecular weight is 239 g/mol. The highest BCUT2D eigenvalue weighted by Crippen LogP contribution is 2.12. The highest BCUT2D eigenvalue weighted by Gasteiger charge is 2.11. The molecule has 3 heteroatoms. The summed E-state index contributed by atoms with van der Waals surface area (Å²) in [5, 5.41) is 7.72. The van der Waals surface area contributed by atoms with Gasteiger partial charge in [-0.25, -0.2) is 0 Å². The number of hydrogen-bond acceptors (Lipinski definition) is 2. The molecule has 1 heterocycles. The van der Waals surface area contributed by atoms with Crippen LogP contribution in [0.2, 0.25) is 5.02 Å². The maximum absolute atomic E-state index is 5.94. The minimum atomic E-state index is 0.821. The molecule has 0 amide bonds. The van der Waals surface area contributed by atoms with Gasteiger partial charge < -0.3 is 10.6 Å². The van der Waals surface area contributed by atoms with Crippen molar-refractivity contribution in [1.82, 2.24) is 10.6 Å². The topological polar surface area (TPSA) is 24.1 Å². The molecule has 2 nitrogen and oxygen atoms in total. The molecule has 1 aromatic carbocycles. The van der Waals surface area contributed by atoms with Crippen molar-refractivity contribution in [2.24, 2.45) is 5.92 Å². The van der Waals surface area contributed by atoms with Crippen molar-refractivity contribution in [3.8, 4) is 0 Å². The molecule has 0 saturated carbocycles. The monoisotopic (exact) mass is 238 g/mol. The van der Waals surface area contributed by atoms with Gasteiger partial charge in [-0.05, 0) is 56.1 Å². The third kappa shape index (κ3) is 3.78. The maximum atomic E-state index is 5.94. The number of halogens is 1. The number of hydrogen-bond donors (Lipinski definition) is 2. The van der Waals surface area contributed by atoms with Crippen molar-refractivity contribution in [2.75, 3.05) is 19.6 Å². The van der Waals surface area contributed by atoms with Gasteiger partial charge in [-0.1, -0.05) is 23.7 Å². The molecule has 2 N–H and O–H groups in total. The zero-order chi connectivity index (χ0) is 11.2. The Balaban J connectivity index is 1.71. The van der Waals surface area contributed by atoms with E-state index in [9.17, 15) is 0 Å². The van der Waals surface area contributed by atoms with Crippen LogP contribution in [0.15, 0.2) is 24.3 Å². The number of benzene rings is 1. The predicted molar refractivity (Wildman–Crippen MR) is 68.8 cm³/mol. The molecule has 1 aliphatic heterocycles. The van der Waals surface area contributed by atoms with E-state index in [-0.39, 0.29) is 0 Å². The van der Waals surface area contributed by atoms with E-state index in [1.54, 1.807) is 0 Å². The van der Waals surface area contributed by atoms with E-state index in [1.165, 1.54) is 31.5 Å². The Bertz CT molecular complexity index is 321. The van der Waals surface area contributed by atoms with Gasteiger partial charge in [-0.2, -0.15) is 0 Å². The third-order valence-electron chi connectivity index (χ3n) is 3.11. The fourth-order valence-electron chi connectivity index (χ4n) is 2.15. The van der Waals surface area contributed by atoms with Crippen LogP contribution < -0.4 is 10.6 Å². The molecule has 1 saturated heterocycles. The average Bonchev–Trinajstić information content (AvgIpc) is 2.30. The molecule has 88 valence electrons. The van der Waals surface area contributed by atoms with Gasteiger partial charge >= 0.3 is 0 Å². The van der Waals surface area contributed by atoms with Gasteiger partial charge in [-0.3, -0.25) is 0 Å². The standard InChI is InChI=1S/C13H19ClN2/c14-13-3-1-2-12(8-13)10-16-9-11-4-6-15-7-5-11/h1-3,8,11,15-16H,4-7,9-10H2. The largest absolute Gasteiger partial charge is 0.317 e. The minimum absolute atomic E-state index is 0.821. The Kier molecular flexibility index (Phi) is 4.64. The van der Waals surface area contributed by atoms with Gasteiger partial charge in [0, 0.05) is 11.6 Å². The van der Waals surface area contributed by atoms with E-state index in [1.807, 2.05) is 18.2 Å². The van der Waals surface area contributed by atoms with Crippen LogP contribution in [0.1, 0.15) is 18.4 Å². The summed E-state index contributed by atoms with van der Waals surface area (Å²) in [6.07, 6.45) is 2.59. The first-order chi connectivity index (χ1) is 7.84. The van der Waals surface area contributed by atoms with E-state index >= 15 is 0 Å². The van der Waals surface area contributed by atoms with Gasteiger partial charge in [0.25, 0.3) is 0 Å². The molecular weight excluding hydrogens is 220 g/mol. The van der Waals surface area contributed by atoms with Crippen LogP contribution in [0.5, 0.6) is 0 Å². The second-order valence-corrected chi connectivity index (χ2v) is 4.89. The summed E-state index contributed by atoms with van der Waals surface area (Å²) in [4.78, 5) is 0. The Morgan fingerprint density at radius 3 is 2.88 bits per heavy atom. The van der Waals surface area contributed by atoms with Crippen LogP contribution in [0, 0.1) is 5.92 Å². The summed E-state index contributed by atoms with van der Waals surface area (Å²) >= 11 is 5.94. The molecule has 1 aromatic rings. The summed E-state index contributed by atoms with van der Waals surface area (Å²) < 4.78 is 0. The molecule has 0 atom stereocenters. The van der Waals surface area contributed by atoms with Crippen LogP contribution in [0.25, 0.3) is 0 Å². The highest BCUT2D eigenvalue weighted by atomic mass is 35.5. The summed E-state index contributed by atoms with van der Waals surface area (Å²) in [6.45, 7) is 4.38. The van der Waals surface area contributed by atoms with E-state index in [0.29, 0.717) is 0 Å². The van der Waals surface area contributed by atoms with Gasteiger partial charge in [0.1, 0.15) is 0 Å². The van der Waals surface area contributed by atoms with Crippen LogP contribution in [0.4, 0.5) is 0 Å². The summed E-state index contributed by atoms with van der Waals surface area (Å²) in [5.74, 6) is 0.834. The molecule has 16 heavy (non-hydrogen) atoms. The molecule has 0 aliphatic carbocycles. The highest BCUT2D eigenvalue weighted by molar-refractivity contribution is 6.30. The van der Waals surface area contributed by atoms with Crippen molar-refractivity contribution in [3.63, 3.8) is 0 Å². The summed E-state index contributed by atoms with van der Waals surface area (Å²) in [5.41, 5.74) is 1.27. The first kappa shape index (κ1) is 11.9. The summed E-state index contributed by atoms with van der Waals surface area (Å²) in [6, 6.07) is 8.06. The lowest BCUT2D eigenvalue weighted by Gasteiger charge is -2.22. The smallest absolute Gasteiger partial charge is 0.0409 e. The molecule has 0 aromatic heterocycles. The normalized spacial score (nSPS) is 17.6. The van der Waals surface area contributed by atoms with Crippen LogP contribution >= 0.6 is 11.6 Å². The van der Waals surface area contributed by atoms with Gasteiger partial charge in [0.15, 0.2) is 0 Å². The Morgan fingerprint density at radius 2 is 2.12 bits per heavy atom. The maximum Gasteiger partial charge on any atom is 0.0409 e. The molecule has 0 unspecified atom stereocenters. The van der Waals surface area contributed by atoms with Crippen LogP contribution in [-0.4, -0.2) is 19.6 Å².